The van der Waals surface area contributed by atoms with Crippen LogP contribution >= 0.6 is 0 Å². The van der Waals surface area contributed by atoms with E-state index in [1.165, 1.54) is 0 Å². The highest BCUT2D eigenvalue weighted by molar-refractivity contribution is 5.80. The van der Waals surface area contributed by atoms with Crippen LogP contribution in [0.25, 0.3) is 0 Å². The van der Waals surface area contributed by atoms with Gasteiger partial charge in [0.15, 0.2) is 5.82 Å². The van der Waals surface area contributed by atoms with Gasteiger partial charge >= 0.3 is 0 Å². The van der Waals surface area contributed by atoms with E-state index in [9.17, 15) is 4.79 Å². The smallest absolute Gasteiger partial charge is 0.239 e. The van der Waals surface area contributed by atoms with Crippen molar-refractivity contribution in [2.24, 2.45) is 0 Å². The van der Waals surface area contributed by atoms with Crippen LogP contribution in [0.1, 0.15) is 16.8 Å². The maximum atomic E-state index is 11.0. The zero-order valence-electron chi connectivity index (χ0n) is 9.46. The van der Waals surface area contributed by atoms with Crippen LogP contribution in [0.2, 0.25) is 0 Å². The van der Waals surface area contributed by atoms with Gasteiger partial charge in [-0.15, -0.1) is 5.10 Å². The lowest BCUT2D eigenvalue weighted by molar-refractivity contribution is -0.118. The molecule has 16 heavy (non-hydrogen) atoms. The van der Waals surface area contributed by atoms with Gasteiger partial charge in [0.1, 0.15) is 11.6 Å². The second kappa shape index (κ2) is 5.07. The molecule has 1 aromatic rings. The van der Waals surface area contributed by atoms with E-state index in [4.69, 9.17) is 5.26 Å². The van der Waals surface area contributed by atoms with Gasteiger partial charge in [0.2, 0.25) is 5.91 Å². The molecular weight excluding hydrogens is 206 g/mol. The number of hydrogen-bond donors (Lipinski definition) is 2. The molecule has 0 aliphatic carbocycles. The zero-order valence-corrected chi connectivity index (χ0v) is 9.46. The van der Waals surface area contributed by atoms with Gasteiger partial charge in [0.25, 0.3) is 0 Å². The molecule has 0 aliphatic heterocycles. The first-order chi connectivity index (χ1) is 7.60. The van der Waals surface area contributed by atoms with Gasteiger partial charge in [-0.3, -0.25) is 4.79 Å². The molecule has 0 aliphatic rings. The monoisotopic (exact) mass is 219 g/mol. The summed E-state index contributed by atoms with van der Waals surface area (Å²) in [5.74, 6) is 0.165. The topological polar surface area (TPSA) is 90.7 Å². The molecular formula is C10H13N5O. The molecule has 0 fully saturated rings. The van der Waals surface area contributed by atoms with Crippen molar-refractivity contribution in [3.63, 3.8) is 0 Å². The molecule has 1 amide bonds. The molecule has 0 aromatic carbocycles. The SMILES string of the molecule is CNC(=O)CNc1nnc(C)c(C)c1C#N. The standard InChI is InChI=1S/C10H13N5O/c1-6-7(2)14-15-10(8(6)4-11)13-5-9(16)12-3/h5H2,1-3H3,(H,12,16)(H,13,15). The summed E-state index contributed by atoms with van der Waals surface area (Å²) in [6.45, 7) is 3.65. The number of hydrogen-bond acceptors (Lipinski definition) is 5. The summed E-state index contributed by atoms with van der Waals surface area (Å²) in [7, 11) is 1.54. The van der Waals surface area contributed by atoms with Crippen LogP contribution in [0.15, 0.2) is 0 Å². The number of nitrogens with zero attached hydrogens (tertiary/aromatic N) is 3. The molecule has 0 saturated carbocycles. The summed E-state index contributed by atoms with van der Waals surface area (Å²) in [6, 6.07) is 2.05. The zero-order chi connectivity index (χ0) is 12.1. The van der Waals surface area contributed by atoms with Crippen molar-refractivity contribution in [2.45, 2.75) is 13.8 Å². The second-order valence-corrected chi connectivity index (χ2v) is 3.27. The lowest BCUT2D eigenvalue weighted by Gasteiger charge is -2.08. The van der Waals surface area contributed by atoms with Gasteiger partial charge in [-0.25, -0.2) is 0 Å². The number of anilines is 1. The van der Waals surface area contributed by atoms with Crippen LogP contribution < -0.4 is 10.6 Å². The highest BCUT2D eigenvalue weighted by atomic mass is 16.1. The summed E-state index contributed by atoms with van der Waals surface area (Å²) in [5, 5.41) is 22.0. The number of likely N-dealkylation sites (N-methyl/N-ethyl adjacent to an activating group) is 1. The largest absolute Gasteiger partial charge is 0.358 e. The van der Waals surface area contributed by atoms with Crippen molar-refractivity contribution in [1.29, 1.82) is 5.26 Å². The molecule has 1 heterocycles. The fraction of sp³-hybridized carbons (Fsp3) is 0.400. The molecule has 0 radical (unpaired) electrons. The number of carbonyl (C=O) groups excluding carboxylic acids is 1. The first kappa shape index (κ1) is 11.9. The maximum Gasteiger partial charge on any atom is 0.239 e. The fourth-order valence-corrected chi connectivity index (χ4v) is 1.12. The van der Waals surface area contributed by atoms with Crippen molar-refractivity contribution >= 4 is 11.7 Å². The van der Waals surface area contributed by atoms with Crippen LogP contribution in [0, 0.1) is 25.2 Å². The number of rotatable bonds is 3. The van der Waals surface area contributed by atoms with Crippen molar-refractivity contribution < 1.29 is 4.79 Å². The Labute approximate surface area is 93.7 Å². The highest BCUT2D eigenvalue weighted by Crippen LogP contribution is 2.16. The third-order valence-electron chi connectivity index (χ3n) is 2.26. The lowest BCUT2D eigenvalue weighted by Crippen LogP contribution is -2.27. The Morgan fingerprint density at radius 2 is 2.12 bits per heavy atom. The summed E-state index contributed by atoms with van der Waals surface area (Å²) >= 11 is 0. The average molecular weight is 219 g/mol. The Bertz CT molecular complexity index is 449. The predicted octanol–water partition coefficient (Wildman–Crippen LogP) is 0.123. The maximum absolute atomic E-state index is 11.0. The van der Waals surface area contributed by atoms with Gasteiger partial charge in [-0.1, -0.05) is 0 Å². The number of nitriles is 1. The lowest BCUT2D eigenvalue weighted by atomic mass is 10.1. The second-order valence-electron chi connectivity index (χ2n) is 3.27. The van der Waals surface area contributed by atoms with Crippen LogP contribution in [0.5, 0.6) is 0 Å². The third-order valence-corrected chi connectivity index (χ3v) is 2.26. The highest BCUT2D eigenvalue weighted by Gasteiger charge is 2.10. The molecule has 2 N–H and O–H groups in total. The average Bonchev–Trinajstić information content (AvgIpc) is 2.30. The Morgan fingerprint density at radius 3 is 2.69 bits per heavy atom. The minimum absolute atomic E-state index is 0.0718. The molecule has 0 saturated heterocycles. The van der Waals surface area contributed by atoms with Gasteiger partial charge in [-0.05, 0) is 19.4 Å². The summed E-state index contributed by atoms with van der Waals surface area (Å²) < 4.78 is 0. The van der Waals surface area contributed by atoms with E-state index in [2.05, 4.69) is 20.8 Å². The molecule has 0 atom stereocenters. The van der Waals surface area contributed by atoms with E-state index in [-0.39, 0.29) is 12.5 Å². The minimum atomic E-state index is -0.177. The normalized spacial score (nSPS) is 9.38. The number of aryl methyl sites for hydroxylation is 1. The minimum Gasteiger partial charge on any atom is -0.358 e. The van der Waals surface area contributed by atoms with E-state index in [0.29, 0.717) is 17.1 Å². The molecule has 1 rings (SSSR count). The molecule has 84 valence electrons. The first-order valence-corrected chi connectivity index (χ1v) is 4.78. The Hall–Kier alpha value is -2.16. The fourth-order valence-electron chi connectivity index (χ4n) is 1.12. The summed E-state index contributed by atoms with van der Waals surface area (Å²) in [4.78, 5) is 11.0. The van der Waals surface area contributed by atoms with E-state index in [1.54, 1.807) is 20.9 Å². The molecule has 0 unspecified atom stereocenters. The number of nitrogens with one attached hydrogen (secondary N) is 2. The number of carbonyl (C=O) groups is 1. The quantitative estimate of drug-likeness (QED) is 0.753. The Morgan fingerprint density at radius 1 is 1.44 bits per heavy atom. The van der Waals surface area contributed by atoms with Crippen molar-refractivity contribution in [3.05, 3.63) is 16.8 Å². The van der Waals surface area contributed by atoms with Crippen LogP contribution in [0.3, 0.4) is 0 Å². The van der Waals surface area contributed by atoms with Gasteiger partial charge in [-0.2, -0.15) is 10.4 Å². The van der Waals surface area contributed by atoms with Crippen molar-refractivity contribution in [2.75, 3.05) is 18.9 Å². The Balaban J connectivity index is 2.93. The van der Waals surface area contributed by atoms with Crippen molar-refractivity contribution in [3.8, 4) is 6.07 Å². The first-order valence-electron chi connectivity index (χ1n) is 4.78. The number of aromatic nitrogens is 2. The van der Waals surface area contributed by atoms with E-state index in [0.717, 1.165) is 5.56 Å². The van der Waals surface area contributed by atoms with E-state index in [1.807, 2.05) is 6.07 Å². The molecule has 6 nitrogen and oxygen atoms in total. The van der Waals surface area contributed by atoms with E-state index >= 15 is 0 Å². The number of amides is 1. The van der Waals surface area contributed by atoms with Crippen LogP contribution in [-0.2, 0) is 4.79 Å². The summed E-state index contributed by atoms with van der Waals surface area (Å²) in [5.41, 5.74) is 1.91. The van der Waals surface area contributed by atoms with Gasteiger partial charge in [0, 0.05) is 7.05 Å². The molecule has 6 heteroatoms. The third kappa shape index (κ3) is 2.45. The van der Waals surface area contributed by atoms with Crippen LogP contribution in [0.4, 0.5) is 5.82 Å². The van der Waals surface area contributed by atoms with Crippen LogP contribution in [-0.4, -0.2) is 29.7 Å². The summed E-state index contributed by atoms with van der Waals surface area (Å²) in [6.07, 6.45) is 0. The van der Waals surface area contributed by atoms with E-state index < -0.39 is 0 Å². The molecule has 0 bridgehead atoms. The molecule has 1 aromatic heterocycles. The van der Waals surface area contributed by atoms with Crippen molar-refractivity contribution in [1.82, 2.24) is 15.5 Å². The van der Waals surface area contributed by atoms with Gasteiger partial charge in [0.05, 0.1) is 12.2 Å². The van der Waals surface area contributed by atoms with Gasteiger partial charge < -0.3 is 10.6 Å². The molecule has 0 spiro atoms. The predicted molar refractivity (Wildman–Crippen MR) is 58.8 cm³/mol. The Kier molecular flexibility index (Phi) is 3.78.